The summed E-state index contributed by atoms with van der Waals surface area (Å²) >= 11 is 0. The summed E-state index contributed by atoms with van der Waals surface area (Å²) in [5.41, 5.74) is 3.61. The van der Waals surface area contributed by atoms with Crippen molar-refractivity contribution in [2.45, 2.75) is 26.1 Å². The molecule has 5 rings (SSSR count). The molecule has 0 aliphatic carbocycles. The van der Waals surface area contributed by atoms with E-state index in [1.54, 1.807) is 18.9 Å². The van der Waals surface area contributed by atoms with Gasteiger partial charge in [-0.1, -0.05) is 42.5 Å². The molecular formula is C29H30N6O3. The van der Waals surface area contributed by atoms with Crippen molar-refractivity contribution in [2.24, 2.45) is 0 Å². The number of pyridine rings is 1. The van der Waals surface area contributed by atoms with E-state index in [2.05, 4.69) is 37.5 Å². The van der Waals surface area contributed by atoms with Crippen LogP contribution in [0.4, 0.5) is 0 Å². The zero-order valence-corrected chi connectivity index (χ0v) is 21.5. The van der Waals surface area contributed by atoms with Crippen molar-refractivity contribution in [2.75, 3.05) is 20.8 Å². The van der Waals surface area contributed by atoms with Crippen LogP contribution >= 0.6 is 0 Å². The molecule has 0 unspecified atom stereocenters. The Balaban J connectivity index is 1.38. The minimum Gasteiger partial charge on any atom is -0.497 e. The zero-order valence-electron chi connectivity index (χ0n) is 21.5. The van der Waals surface area contributed by atoms with Crippen LogP contribution in [0.25, 0.3) is 10.9 Å². The molecular weight excluding hydrogens is 480 g/mol. The van der Waals surface area contributed by atoms with Crippen molar-refractivity contribution in [3.63, 3.8) is 0 Å². The number of H-pyrrole nitrogens is 1. The number of aromatic nitrogens is 5. The fourth-order valence-corrected chi connectivity index (χ4v) is 4.42. The van der Waals surface area contributed by atoms with E-state index in [0.717, 1.165) is 41.0 Å². The van der Waals surface area contributed by atoms with E-state index in [0.29, 0.717) is 30.9 Å². The van der Waals surface area contributed by atoms with Crippen LogP contribution in [-0.4, -0.2) is 50.9 Å². The first-order valence-electron chi connectivity index (χ1n) is 12.5. The Hall–Kier alpha value is -4.50. The molecule has 0 radical (unpaired) electrons. The normalized spacial score (nSPS) is 11.2. The van der Waals surface area contributed by atoms with Gasteiger partial charge >= 0.3 is 0 Å². The molecule has 2 heterocycles. The molecule has 0 saturated heterocycles. The lowest BCUT2D eigenvalue weighted by Gasteiger charge is -2.22. The maximum absolute atomic E-state index is 13.0. The monoisotopic (exact) mass is 510 g/mol. The summed E-state index contributed by atoms with van der Waals surface area (Å²) in [6, 6.07) is 25.8. The van der Waals surface area contributed by atoms with E-state index in [-0.39, 0.29) is 5.56 Å². The summed E-state index contributed by atoms with van der Waals surface area (Å²) in [5.74, 6) is 2.24. The van der Waals surface area contributed by atoms with Gasteiger partial charge < -0.3 is 14.5 Å². The molecule has 0 atom stereocenters. The lowest BCUT2D eigenvalue weighted by atomic mass is 10.1. The van der Waals surface area contributed by atoms with Gasteiger partial charge in [-0.05, 0) is 63.7 Å². The lowest BCUT2D eigenvalue weighted by molar-refractivity contribution is 0.248. The fraction of sp³-hybridized carbons (Fsp3) is 0.241. The number of tetrazole rings is 1. The predicted molar refractivity (Wildman–Crippen MR) is 145 cm³/mol. The van der Waals surface area contributed by atoms with Gasteiger partial charge in [0, 0.05) is 24.7 Å². The molecule has 0 fully saturated rings. The third-order valence-electron chi connectivity index (χ3n) is 6.55. The molecule has 38 heavy (non-hydrogen) atoms. The molecule has 0 amide bonds. The van der Waals surface area contributed by atoms with Crippen LogP contribution in [0.5, 0.6) is 11.5 Å². The SMILES string of the molecule is COc1ccc(Cn2nnnc2CN(CCc2ccccc2)Cc2cc3ccc(OC)cc3[nH]c2=O)cc1. The molecule has 0 saturated carbocycles. The Morgan fingerprint density at radius 1 is 0.868 bits per heavy atom. The number of hydrogen-bond acceptors (Lipinski definition) is 7. The van der Waals surface area contributed by atoms with Crippen molar-refractivity contribution in [1.82, 2.24) is 30.1 Å². The number of hydrogen-bond donors (Lipinski definition) is 1. The van der Waals surface area contributed by atoms with E-state index in [1.807, 2.05) is 66.7 Å². The van der Waals surface area contributed by atoms with Crippen molar-refractivity contribution < 1.29 is 9.47 Å². The molecule has 194 valence electrons. The summed E-state index contributed by atoms with van der Waals surface area (Å²) in [4.78, 5) is 18.2. The Bertz CT molecular complexity index is 1550. The zero-order chi connectivity index (χ0) is 26.3. The molecule has 9 nitrogen and oxygen atoms in total. The van der Waals surface area contributed by atoms with Crippen LogP contribution in [0.1, 0.15) is 22.5 Å². The van der Waals surface area contributed by atoms with E-state index < -0.39 is 0 Å². The standard InChI is InChI=1S/C29H30N6O3/c1-37-25-11-8-22(9-12-25)18-35-28(31-32-33-35)20-34(15-14-21-6-4-3-5-7-21)19-24-16-23-10-13-26(38-2)17-27(23)30-29(24)36/h3-13,16-17H,14-15,18-20H2,1-2H3,(H,30,36). The Morgan fingerprint density at radius 2 is 1.63 bits per heavy atom. The molecule has 3 aromatic carbocycles. The van der Waals surface area contributed by atoms with E-state index in [9.17, 15) is 4.79 Å². The van der Waals surface area contributed by atoms with Crippen molar-refractivity contribution in [1.29, 1.82) is 0 Å². The third-order valence-corrected chi connectivity index (χ3v) is 6.55. The molecule has 1 N–H and O–H groups in total. The van der Waals surface area contributed by atoms with Crippen molar-refractivity contribution in [3.05, 3.63) is 112 Å². The van der Waals surface area contributed by atoms with E-state index in [4.69, 9.17) is 9.47 Å². The lowest BCUT2D eigenvalue weighted by Crippen LogP contribution is -2.30. The summed E-state index contributed by atoms with van der Waals surface area (Å²) in [6.07, 6.45) is 0.837. The highest BCUT2D eigenvalue weighted by atomic mass is 16.5. The summed E-state index contributed by atoms with van der Waals surface area (Å²) in [6.45, 7) is 2.23. The first kappa shape index (κ1) is 25.2. The van der Waals surface area contributed by atoms with Crippen LogP contribution in [-0.2, 0) is 26.1 Å². The molecule has 0 bridgehead atoms. The molecule has 2 aromatic heterocycles. The van der Waals surface area contributed by atoms with Gasteiger partial charge in [-0.3, -0.25) is 9.69 Å². The topological polar surface area (TPSA) is 98.2 Å². The molecule has 0 spiro atoms. The van der Waals surface area contributed by atoms with Gasteiger partial charge in [-0.2, -0.15) is 0 Å². The van der Waals surface area contributed by atoms with Gasteiger partial charge in [0.25, 0.3) is 5.56 Å². The van der Waals surface area contributed by atoms with Crippen molar-refractivity contribution >= 4 is 10.9 Å². The predicted octanol–water partition coefficient (Wildman–Crippen LogP) is 3.83. The highest BCUT2D eigenvalue weighted by Gasteiger charge is 2.16. The maximum Gasteiger partial charge on any atom is 0.252 e. The van der Waals surface area contributed by atoms with Gasteiger partial charge in [0.15, 0.2) is 5.82 Å². The number of benzene rings is 3. The van der Waals surface area contributed by atoms with E-state index in [1.165, 1.54) is 5.56 Å². The van der Waals surface area contributed by atoms with E-state index >= 15 is 0 Å². The van der Waals surface area contributed by atoms with Gasteiger partial charge in [0.1, 0.15) is 11.5 Å². The second kappa shape index (κ2) is 11.7. The van der Waals surface area contributed by atoms with Crippen molar-refractivity contribution in [3.8, 4) is 11.5 Å². The van der Waals surface area contributed by atoms with Gasteiger partial charge in [-0.25, -0.2) is 4.68 Å². The Morgan fingerprint density at radius 3 is 2.39 bits per heavy atom. The second-order valence-electron chi connectivity index (χ2n) is 9.12. The molecule has 5 aromatic rings. The number of aromatic amines is 1. The van der Waals surface area contributed by atoms with Crippen LogP contribution in [0.3, 0.4) is 0 Å². The number of rotatable bonds is 11. The molecule has 0 aliphatic rings. The highest BCUT2D eigenvalue weighted by molar-refractivity contribution is 5.80. The minimum absolute atomic E-state index is 0.117. The third kappa shape index (κ3) is 6.07. The number of nitrogens with zero attached hydrogens (tertiary/aromatic N) is 5. The van der Waals surface area contributed by atoms with Gasteiger partial charge in [-0.15, -0.1) is 5.10 Å². The number of methoxy groups -OCH3 is 2. The first-order valence-corrected chi connectivity index (χ1v) is 12.5. The summed E-state index contributed by atoms with van der Waals surface area (Å²) < 4.78 is 12.4. The van der Waals surface area contributed by atoms with Crippen LogP contribution in [0, 0.1) is 0 Å². The molecule has 9 heteroatoms. The summed E-state index contributed by atoms with van der Waals surface area (Å²) in [7, 11) is 3.26. The average molecular weight is 511 g/mol. The molecule has 0 aliphatic heterocycles. The quantitative estimate of drug-likeness (QED) is 0.288. The maximum atomic E-state index is 13.0. The number of ether oxygens (including phenoxy) is 2. The number of nitrogens with one attached hydrogen (secondary N) is 1. The highest BCUT2D eigenvalue weighted by Crippen LogP contribution is 2.20. The van der Waals surface area contributed by atoms with Gasteiger partial charge in [0.2, 0.25) is 0 Å². The summed E-state index contributed by atoms with van der Waals surface area (Å²) in [5, 5.41) is 13.4. The Labute approximate surface area is 220 Å². The van der Waals surface area contributed by atoms with Crippen LogP contribution < -0.4 is 15.0 Å². The first-order chi connectivity index (χ1) is 18.6. The largest absolute Gasteiger partial charge is 0.497 e. The van der Waals surface area contributed by atoms with Crippen LogP contribution in [0.15, 0.2) is 83.7 Å². The Kier molecular flexibility index (Phi) is 7.75. The second-order valence-corrected chi connectivity index (χ2v) is 9.12. The fourth-order valence-electron chi connectivity index (χ4n) is 4.42. The number of fused-ring (bicyclic) bond motifs is 1. The minimum atomic E-state index is -0.117. The van der Waals surface area contributed by atoms with Crippen LogP contribution in [0.2, 0.25) is 0 Å². The van der Waals surface area contributed by atoms with Gasteiger partial charge in [0.05, 0.1) is 32.8 Å². The average Bonchev–Trinajstić information content (AvgIpc) is 3.38. The smallest absolute Gasteiger partial charge is 0.252 e.